The third-order valence-electron chi connectivity index (χ3n) is 3.85. The summed E-state index contributed by atoms with van der Waals surface area (Å²) in [5.74, 6) is -1.68. The second kappa shape index (κ2) is 6.66. The van der Waals surface area contributed by atoms with Crippen LogP contribution in [0.4, 0.5) is 0 Å². The lowest BCUT2D eigenvalue weighted by atomic mass is 9.84. The van der Waals surface area contributed by atoms with E-state index in [1.54, 1.807) is 14.2 Å². The second-order valence-electron chi connectivity index (χ2n) is 4.91. The molecule has 1 atom stereocenters. The smallest absolute Gasteiger partial charge is 0.208 e. The van der Waals surface area contributed by atoms with Crippen molar-refractivity contribution >= 4 is 6.29 Å². The van der Waals surface area contributed by atoms with Crippen LogP contribution in [0.3, 0.4) is 0 Å². The number of aldehydes is 1. The summed E-state index contributed by atoms with van der Waals surface area (Å²) in [4.78, 5) is 11.8. The van der Waals surface area contributed by atoms with E-state index < -0.39 is 11.7 Å². The molecule has 2 rings (SSSR count). The van der Waals surface area contributed by atoms with Crippen LogP contribution in [0.25, 0.3) is 0 Å². The summed E-state index contributed by atoms with van der Waals surface area (Å²) >= 11 is 0. The lowest BCUT2D eigenvalue weighted by molar-refractivity contribution is -0.227. The number of aryl methyl sites for hydroxylation is 1. The normalized spacial score (nSPS) is 12.9. The fourth-order valence-electron chi connectivity index (χ4n) is 2.73. The largest absolute Gasteiger partial charge is 0.348 e. The molecule has 0 bridgehead atoms. The molecule has 0 fully saturated rings. The summed E-state index contributed by atoms with van der Waals surface area (Å²) in [6.07, 6.45) is 0.891. The first-order valence-corrected chi connectivity index (χ1v) is 6.86. The lowest BCUT2D eigenvalue weighted by Gasteiger charge is -2.36. The van der Waals surface area contributed by atoms with Gasteiger partial charge in [-0.05, 0) is 18.1 Å². The molecule has 0 N–H and O–H groups in total. The summed E-state index contributed by atoms with van der Waals surface area (Å²) in [6, 6.07) is 17.3. The molecule has 2 aromatic carbocycles. The summed E-state index contributed by atoms with van der Waals surface area (Å²) in [5, 5.41) is 0. The maximum atomic E-state index is 11.8. The maximum absolute atomic E-state index is 11.8. The highest BCUT2D eigenvalue weighted by Crippen LogP contribution is 2.40. The van der Waals surface area contributed by atoms with E-state index >= 15 is 0 Å². The van der Waals surface area contributed by atoms with Crippen LogP contribution in [0.15, 0.2) is 54.6 Å². The van der Waals surface area contributed by atoms with Gasteiger partial charge in [0.25, 0.3) is 0 Å². The Morgan fingerprint density at radius 1 is 0.952 bits per heavy atom. The van der Waals surface area contributed by atoms with E-state index in [0.717, 1.165) is 23.0 Å². The zero-order chi connectivity index (χ0) is 15.3. The van der Waals surface area contributed by atoms with Crippen molar-refractivity contribution in [3.8, 4) is 0 Å². The summed E-state index contributed by atoms with van der Waals surface area (Å²) in [5.41, 5.74) is 2.75. The number of carbonyl (C=O) groups is 1. The van der Waals surface area contributed by atoms with Gasteiger partial charge in [0.05, 0.1) is 5.92 Å². The van der Waals surface area contributed by atoms with Crippen LogP contribution in [0.2, 0.25) is 0 Å². The van der Waals surface area contributed by atoms with Crippen LogP contribution < -0.4 is 0 Å². The van der Waals surface area contributed by atoms with Gasteiger partial charge in [0, 0.05) is 19.8 Å². The molecule has 0 saturated carbocycles. The number of rotatable bonds is 6. The number of carbonyl (C=O) groups excluding carboxylic acids is 1. The van der Waals surface area contributed by atoms with Crippen LogP contribution in [-0.4, -0.2) is 20.5 Å². The predicted octanol–water partition coefficient (Wildman–Crippen LogP) is 3.42. The Morgan fingerprint density at radius 3 is 2.05 bits per heavy atom. The van der Waals surface area contributed by atoms with Crippen molar-refractivity contribution in [1.82, 2.24) is 0 Å². The van der Waals surface area contributed by atoms with E-state index in [4.69, 9.17) is 9.47 Å². The Balaban J connectivity index is 2.60. The van der Waals surface area contributed by atoms with Gasteiger partial charge in [-0.25, -0.2) is 0 Å². The van der Waals surface area contributed by atoms with Crippen molar-refractivity contribution in [3.63, 3.8) is 0 Å². The van der Waals surface area contributed by atoms with Crippen molar-refractivity contribution in [2.24, 2.45) is 0 Å². The standard InChI is InChI=1S/C18H20O3/c1-14-9-7-8-12-16(14)17(13-19)18(20-2,21-3)15-10-5-4-6-11-15/h4-13,17H,1-3H3. The summed E-state index contributed by atoms with van der Waals surface area (Å²) in [6.45, 7) is 1.98. The van der Waals surface area contributed by atoms with Crippen LogP contribution >= 0.6 is 0 Å². The molecule has 0 saturated heterocycles. The molecule has 21 heavy (non-hydrogen) atoms. The third kappa shape index (κ3) is 2.75. The average molecular weight is 284 g/mol. The minimum absolute atomic E-state index is 0.545. The Morgan fingerprint density at radius 2 is 1.52 bits per heavy atom. The zero-order valence-electron chi connectivity index (χ0n) is 12.6. The van der Waals surface area contributed by atoms with Crippen molar-refractivity contribution in [3.05, 3.63) is 71.3 Å². The molecule has 0 amide bonds. The molecule has 0 heterocycles. The van der Waals surface area contributed by atoms with Gasteiger partial charge in [0.1, 0.15) is 6.29 Å². The Labute approximate surface area is 125 Å². The molecule has 0 aliphatic heterocycles. The van der Waals surface area contributed by atoms with E-state index in [-0.39, 0.29) is 0 Å². The molecular weight excluding hydrogens is 264 g/mol. The van der Waals surface area contributed by atoms with E-state index in [1.807, 2.05) is 61.5 Å². The highest BCUT2D eigenvalue weighted by molar-refractivity contribution is 5.66. The van der Waals surface area contributed by atoms with Gasteiger partial charge >= 0.3 is 0 Å². The van der Waals surface area contributed by atoms with Crippen LogP contribution in [0.1, 0.15) is 22.6 Å². The van der Waals surface area contributed by atoms with Gasteiger partial charge in [-0.3, -0.25) is 0 Å². The quantitative estimate of drug-likeness (QED) is 0.602. The first-order chi connectivity index (χ1) is 10.2. The van der Waals surface area contributed by atoms with Gasteiger partial charge in [0.2, 0.25) is 5.79 Å². The summed E-state index contributed by atoms with van der Waals surface area (Å²) < 4.78 is 11.4. The molecule has 0 aromatic heterocycles. The maximum Gasteiger partial charge on any atom is 0.208 e. The topological polar surface area (TPSA) is 35.5 Å². The number of hydrogen-bond acceptors (Lipinski definition) is 3. The van der Waals surface area contributed by atoms with Crippen molar-refractivity contribution in [2.45, 2.75) is 18.6 Å². The number of hydrogen-bond donors (Lipinski definition) is 0. The predicted molar refractivity (Wildman–Crippen MR) is 82.1 cm³/mol. The molecule has 0 spiro atoms. The highest BCUT2D eigenvalue weighted by Gasteiger charge is 2.42. The van der Waals surface area contributed by atoms with Crippen LogP contribution in [0, 0.1) is 6.92 Å². The molecule has 3 heteroatoms. The van der Waals surface area contributed by atoms with E-state index in [2.05, 4.69) is 0 Å². The first-order valence-electron chi connectivity index (χ1n) is 6.86. The Kier molecular flexibility index (Phi) is 4.89. The molecule has 2 aromatic rings. The molecule has 0 aliphatic rings. The third-order valence-corrected chi connectivity index (χ3v) is 3.85. The Bertz CT molecular complexity index is 588. The first kappa shape index (κ1) is 15.4. The minimum Gasteiger partial charge on any atom is -0.348 e. The fourth-order valence-corrected chi connectivity index (χ4v) is 2.73. The molecule has 3 nitrogen and oxygen atoms in total. The monoisotopic (exact) mass is 284 g/mol. The molecule has 1 unspecified atom stereocenters. The molecule has 110 valence electrons. The van der Waals surface area contributed by atoms with E-state index in [0.29, 0.717) is 0 Å². The fraction of sp³-hybridized carbons (Fsp3) is 0.278. The van der Waals surface area contributed by atoms with Gasteiger partial charge in [-0.15, -0.1) is 0 Å². The van der Waals surface area contributed by atoms with Gasteiger partial charge in [-0.1, -0.05) is 54.6 Å². The summed E-state index contributed by atoms with van der Waals surface area (Å²) in [7, 11) is 3.12. The second-order valence-corrected chi connectivity index (χ2v) is 4.91. The molecular formula is C18H20O3. The van der Waals surface area contributed by atoms with Crippen molar-refractivity contribution in [1.29, 1.82) is 0 Å². The Hall–Kier alpha value is -1.97. The van der Waals surface area contributed by atoms with Crippen molar-refractivity contribution < 1.29 is 14.3 Å². The molecule has 0 radical (unpaired) electrons. The molecule has 0 aliphatic carbocycles. The van der Waals surface area contributed by atoms with Crippen LogP contribution in [0.5, 0.6) is 0 Å². The van der Waals surface area contributed by atoms with Crippen LogP contribution in [-0.2, 0) is 20.1 Å². The zero-order valence-corrected chi connectivity index (χ0v) is 12.6. The number of methoxy groups -OCH3 is 2. The van der Waals surface area contributed by atoms with Gasteiger partial charge < -0.3 is 14.3 Å². The SMILES string of the molecule is COC(OC)(c1ccccc1)C(C=O)c1ccccc1C. The van der Waals surface area contributed by atoms with Crippen molar-refractivity contribution in [2.75, 3.05) is 14.2 Å². The lowest BCUT2D eigenvalue weighted by Crippen LogP contribution is -2.39. The van der Waals surface area contributed by atoms with E-state index in [9.17, 15) is 4.79 Å². The van der Waals surface area contributed by atoms with Gasteiger partial charge in [-0.2, -0.15) is 0 Å². The average Bonchev–Trinajstić information content (AvgIpc) is 2.55. The van der Waals surface area contributed by atoms with Gasteiger partial charge in [0.15, 0.2) is 0 Å². The van der Waals surface area contributed by atoms with E-state index in [1.165, 1.54) is 0 Å². The minimum atomic E-state index is -1.13. The number of benzene rings is 2. The number of ether oxygens (including phenoxy) is 2. The highest BCUT2D eigenvalue weighted by atomic mass is 16.7.